The Labute approximate surface area is 72.1 Å². The standard InChI is InChI=1S/C7H5N3OS/c8-7-10-5-2-1-4(3-11)9-6(5)12-7/h1-3H,(H2,8,10). The van der Waals surface area contributed by atoms with Gasteiger partial charge in [-0.2, -0.15) is 0 Å². The van der Waals surface area contributed by atoms with Gasteiger partial charge in [-0.25, -0.2) is 9.97 Å². The van der Waals surface area contributed by atoms with Crippen molar-refractivity contribution in [3.8, 4) is 0 Å². The van der Waals surface area contributed by atoms with E-state index in [1.807, 2.05) is 0 Å². The highest BCUT2D eigenvalue weighted by Gasteiger charge is 2.02. The molecule has 2 heterocycles. The number of fused-ring (bicyclic) bond motifs is 1. The van der Waals surface area contributed by atoms with Crippen LogP contribution in [0.4, 0.5) is 5.13 Å². The van der Waals surface area contributed by atoms with Gasteiger partial charge >= 0.3 is 0 Å². The number of nitrogens with zero attached hydrogens (tertiary/aromatic N) is 2. The van der Waals surface area contributed by atoms with Crippen molar-refractivity contribution in [2.24, 2.45) is 0 Å². The lowest BCUT2D eigenvalue weighted by Crippen LogP contribution is -1.84. The Kier molecular flexibility index (Phi) is 1.51. The zero-order valence-electron chi connectivity index (χ0n) is 6.02. The van der Waals surface area contributed by atoms with Crippen LogP contribution in [0.2, 0.25) is 0 Å². The number of hydrogen-bond acceptors (Lipinski definition) is 5. The molecular weight excluding hydrogens is 174 g/mol. The van der Waals surface area contributed by atoms with Crippen LogP contribution >= 0.6 is 11.3 Å². The van der Waals surface area contributed by atoms with Crippen molar-refractivity contribution >= 4 is 33.1 Å². The van der Waals surface area contributed by atoms with E-state index in [0.717, 1.165) is 5.52 Å². The maximum atomic E-state index is 10.3. The lowest BCUT2D eigenvalue weighted by Gasteiger charge is -1.86. The first kappa shape index (κ1) is 7.17. The summed E-state index contributed by atoms with van der Waals surface area (Å²) in [5.41, 5.74) is 6.61. The highest BCUT2D eigenvalue weighted by molar-refractivity contribution is 7.21. The topological polar surface area (TPSA) is 68.9 Å². The molecule has 2 N–H and O–H groups in total. The minimum atomic E-state index is 0.408. The minimum Gasteiger partial charge on any atom is -0.375 e. The van der Waals surface area contributed by atoms with Crippen molar-refractivity contribution in [1.82, 2.24) is 9.97 Å². The molecule has 0 aromatic carbocycles. The number of aldehydes is 1. The predicted molar refractivity (Wildman–Crippen MR) is 47.2 cm³/mol. The third kappa shape index (κ3) is 1.04. The molecule has 2 aromatic rings. The summed E-state index contributed by atoms with van der Waals surface area (Å²) in [6.07, 6.45) is 0.704. The summed E-state index contributed by atoms with van der Waals surface area (Å²) in [5, 5.41) is 0.473. The Balaban J connectivity index is 2.74. The molecule has 0 saturated heterocycles. The van der Waals surface area contributed by atoms with Gasteiger partial charge in [0.15, 0.2) is 11.4 Å². The molecule has 0 atom stereocenters. The Morgan fingerprint density at radius 3 is 3.00 bits per heavy atom. The fourth-order valence-corrected chi connectivity index (χ4v) is 1.63. The first-order valence-corrected chi connectivity index (χ1v) is 4.09. The van der Waals surface area contributed by atoms with Crippen molar-refractivity contribution < 1.29 is 4.79 Å². The van der Waals surface area contributed by atoms with E-state index in [2.05, 4.69) is 9.97 Å². The van der Waals surface area contributed by atoms with E-state index in [0.29, 0.717) is 21.9 Å². The zero-order valence-corrected chi connectivity index (χ0v) is 6.84. The average molecular weight is 179 g/mol. The summed E-state index contributed by atoms with van der Waals surface area (Å²) in [6.45, 7) is 0. The van der Waals surface area contributed by atoms with Crippen LogP contribution in [-0.2, 0) is 0 Å². The molecule has 0 bridgehead atoms. The summed E-state index contributed by atoms with van der Waals surface area (Å²) in [6, 6.07) is 3.35. The Morgan fingerprint density at radius 2 is 2.25 bits per heavy atom. The number of aromatic nitrogens is 2. The van der Waals surface area contributed by atoms with E-state index in [9.17, 15) is 4.79 Å². The van der Waals surface area contributed by atoms with Gasteiger partial charge in [0.25, 0.3) is 0 Å². The molecule has 0 aliphatic rings. The summed E-state index contributed by atoms with van der Waals surface area (Å²) in [5.74, 6) is 0. The molecule has 12 heavy (non-hydrogen) atoms. The molecule has 0 amide bonds. The molecule has 5 heteroatoms. The van der Waals surface area contributed by atoms with E-state index in [4.69, 9.17) is 5.73 Å². The summed E-state index contributed by atoms with van der Waals surface area (Å²) < 4.78 is 0. The van der Waals surface area contributed by atoms with Gasteiger partial charge in [-0.1, -0.05) is 11.3 Å². The molecule has 60 valence electrons. The lowest BCUT2D eigenvalue weighted by molar-refractivity contribution is 0.111. The monoisotopic (exact) mass is 179 g/mol. The fourth-order valence-electron chi connectivity index (χ4n) is 0.914. The highest BCUT2D eigenvalue weighted by atomic mass is 32.1. The molecule has 2 rings (SSSR count). The molecule has 0 spiro atoms. The van der Waals surface area contributed by atoms with Gasteiger partial charge in [-0.3, -0.25) is 4.79 Å². The van der Waals surface area contributed by atoms with Crippen LogP contribution in [0.25, 0.3) is 10.3 Å². The second-order valence-electron chi connectivity index (χ2n) is 2.23. The summed E-state index contributed by atoms with van der Waals surface area (Å²) in [7, 11) is 0. The number of hydrogen-bond donors (Lipinski definition) is 1. The number of thiazole rings is 1. The largest absolute Gasteiger partial charge is 0.375 e. The number of carbonyl (C=O) groups excluding carboxylic acids is 1. The number of nitrogen functional groups attached to an aromatic ring is 1. The highest BCUT2D eigenvalue weighted by Crippen LogP contribution is 2.21. The average Bonchev–Trinajstić information content (AvgIpc) is 2.43. The smallest absolute Gasteiger partial charge is 0.182 e. The first-order chi connectivity index (χ1) is 5.79. The van der Waals surface area contributed by atoms with Crippen LogP contribution in [0.3, 0.4) is 0 Å². The van der Waals surface area contributed by atoms with Crippen LogP contribution < -0.4 is 5.73 Å². The third-order valence-electron chi connectivity index (χ3n) is 1.41. The third-order valence-corrected chi connectivity index (χ3v) is 2.21. The number of anilines is 1. The Morgan fingerprint density at radius 1 is 1.42 bits per heavy atom. The molecule has 2 aromatic heterocycles. The SMILES string of the molecule is Nc1nc2ccc(C=O)nc2s1. The molecular formula is C7H5N3OS. The molecule has 0 fully saturated rings. The zero-order chi connectivity index (χ0) is 8.55. The second-order valence-corrected chi connectivity index (χ2v) is 3.24. The summed E-state index contributed by atoms with van der Waals surface area (Å²) in [4.78, 5) is 19.1. The van der Waals surface area contributed by atoms with Gasteiger partial charge in [-0.05, 0) is 12.1 Å². The molecule has 4 nitrogen and oxygen atoms in total. The van der Waals surface area contributed by atoms with E-state index in [1.54, 1.807) is 12.1 Å². The van der Waals surface area contributed by atoms with E-state index >= 15 is 0 Å². The van der Waals surface area contributed by atoms with Crippen molar-refractivity contribution in [2.75, 3.05) is 5.73 Å². The van der Waals surface area contributed by atoms with Gasteiger partial charge in [0.1, 0.15) is 16.0 Å². The molecule has 0 saturated carbocycles. The lowest BCUT2D eigenvalue weighted by atomic mass is 10.4. The quantitative estimate of drug-likeness (QED) is 0.665. The van der Waals surface area contributed by atoms with Gasteiger partial charge < -0.3 is 5.73 Å². The van der Waals surface area contributed by atoms with Gasteiger partial charge in [0, 0.05) is 0 Å². The second kappa shape index (κ2) is 2.53. The molecule has 0 unspecified atom stereocenters. The molecule has 0 aliphatic heterocycles. The van der Waals surface area contributed by atoms with Crippen LogP contribution in [0.5, 0.6) is 0 Å². The Hall–Kier alpha value is -1.49. The van der Waals surface area contributed by atoms with Gasteiger partial charge in [0.2, 0.25) is 0 Å². The van der Waals surface area contributed by atoms with Gasteiger partial charge in [-0.15, -0.1) is 0 Å². The molecule has 0 radical (unpaired) electrons. The maximum Gasteiger partial charge on any atom is 0.182 e. The fraction of sp³-hybridized carbons (Fsp3) is 0. The number of pyridine rings is 1. The van der Waals surface area contributed by atoms with Crippen LogP contribution in [-0.4, -0.2) is 16.3 Å². The maximum absolute atomic E-state index is 10.3. The number of carbonyl (C=O) groups is 1. The van der Waals surface area contributed by atoms with Crippen LogP contribution in [0.1, 0.15) is 10.5 Å². The van der Waals surface area contributed by atoms with Gasteiger partial charge in [0.05, 0.1) is 0 Å². The van der Waals surface area contributed by atoms with Crippen LogP contribution in [0.15, 0.2) is 12.1 Å². The summed E-state index contributed by atoms with van der Waals surface area (Å²) >= 11 is 1.28. The van der Waals surface area contributed by atoms with E-state index in [-0.39, 0.29) is 0 Å². The van der Waals surface area contributed by atoms with Crippen LogP contribution in [0, 0.1) is 0 Å². The number of rotatable bonds is 1. The van der Waals surface area contributed by atoms with E-state index in [1.165, 1.54) is 11.3 Å². The van der Waals surface area contributed by atoms with E-state index < -0.39 is 0 Å². The normalized spacial score (nSPS) is 10.3. The molecule has 0 aliphatic carbocycles. The van der Waals surface area contributed by atoms with Crippen molar-refractivity contribution in [1.29, 1.82) is 0 Å². The Bertz CT molecular complexity index is 437. The van der Waals surface area contributed by atoms with Crippen molar-refractivity contribution in [3.05, 3.63) is 17.8 Å². The van der Waals surface area contributed by atoms with Crippen molar-refractivity contribution in [2.45, 2.75) is 0 Å². The van der Waals surface area contributed by atoms with Crippen molar-refractivity contribution in [3.63, 3.8) is 0 Å². The predicted octanol–water partition coefficient (Wildman–Crippen LogP) is 1.09. The minimum absolute atomic E-state index is 0.408. The number of nitrogens with two attached hydrogens (primary N) is 1. The first-order valence-electron chi connectivity index (χ1n) is 3.28.